The van der Waals surface area contributed by atoms with Crippen molar-refractivity contribution in [2.24, 2.45) is 11.8 Å². The molecule has 3 nitrogen and oxygen atoms in total. The van der Waals surface area contributed by atoms with Crippen molar-refractivity contribution in [3.8, 4) is 0 Å². The number of unbranched alkanes of at least 4 members (excludes halogenated alkanes) is 6. The summed E-state index contributed by atoms with van der Waals surface area (Å²) < 4.78 is 0. The first-order chi connectivity index (χ1) is 16.7. The molecular weight excluding hydrogens is 460 g/mol. The van der Waals surface area contributed by atoms with Gasteiger partial charge >= 0.3 is 0 Å². The highest BCUT2D eigenvalue weighted by Gasteiger charge is 2.22. The molecule has 0 saturated heterocycles. The number of hydrogen-bond acceptors (Lipinski definition) is 5. The molecular formula is C29H54O3S2. The molecule has 34 heavy (non-hydrogen) atoms. The predicted octanol–water partition coefficient (Wildman–Crippen LogP) is 7.81. The first kappa shape index (κ1) is 30.5. The Morgan fingerprint density at radius 1 is 0.588 bits per heavy atom. The molecule has 0 amide bonds. The van der Waals surface area contributed by atoms with Gasteiger partial charge in [-0.1, -0.05) is 64.2 Å². The molecule has 2 N–H and O–H groups in total. The van der Waals surface area contributed by atoms with Crippen molar-refractivity contribution in [1.29, 1.82) is 0 Å². The predicted molar refractivity (Wildman–Crippen MR) is 151 cm³/mol. The van der Waals surface area contributed by atoms with Crippen LogP contribution in [0.2, 0.25) is 0 Å². The Bertz CT molecular complexity index is 448. The van der Waals surface area contributed by atoms with Gasteiger partial charge in [0.1, 0.15) is 5.78 Å². The van der Waals surface area contributed by atoms with E-state index in [1.807, 2.05) is 23.5 Å². The van der Waals surface area contributed by atoms with Crippen LogP contribution >= 0.6 is 23.5 Å². The molecule has 5 heteroatoms. The molecule has 0 radical (unpaired) electrons. The van der Waals surface area contributed by atoms with E-state index in [2.05, 4.69) is 0 Å². The third-order valence-electron chi connectivity index (χ3n) is 7.95. The molecule has 0 aromatic rings. The Balaban J connectivity index is 1.28. The highest BCUT2D eigenvalue weighted by Crippen LogP contribution is 2.29. The second kappa shape index (κ2) is 20.4. The summed E-state index contributed by atoms with van der Waals surface area (Å²) in [6.45, 7) is 0. The number of thioether (sulfide) groups is 2. The van der Waals surface area contributed by atoms with Gasteiger partial charge in [-0.05, 0) is 74.7 Å². The zero-order valence-corrected chi connectivity index (χ0v) is 23.5. The molecule has 2 rings (SSSR count). The van der Waals surface area contributed by atoms with E-state index in [0.717, 1.165) is 48.7 Å². The first-order valence-electron chi connectivity index (χ1n) is 14.7. The molecule has 0 spiro atoms. The minimum atomic E-state index is -0.0965. The summed E-state index contributed by atoms with van der Waals surface area (Å²) in [6, 6.07) is 0. The number of Topliss-reactive ketones (excluding diaryl/α,β-unsaturated/α-hetero) is 1. The molecule has 2 aliphatic carbocycles. The molecule has 0 aromatic carbocycles. The normalized spacial score (nSPS) is 19.8. The molecule has 2 aliphatic rings. The quantitative estimate of drug-likeness (QED) is 0.162. The minimum Gasteiger partial charge on any atom is -0.392 e. The number of carbonyl (C=O) groups excluding carboxylic acids is 1. The van der Waals surface area contributed by atoms with E-state index in [4.69, 9.17) is 0 Å². The Kier molecular flexibility index (Phi) is 18.3. The third-order valence-corrected chi connectivity index (χ3v) is 10.3. The maximum Gasteiger partial charge on any atom is 0.132 e. The molecule has 2 saturated carbocycles. The molecule has 0 bridgehead atoms. The van der Waals surface area contributed by atoms with Crippen molar-refractivity contribution < 1.29 is 15.0 Å². The summed E-state index contributed by atoms with van der Waals surface area (Å²) in [7, 11) is 0. The summed E-state index contributed by atoms with van der Waals surface area (Å²) in [5, 5.41) is 20.6. The van der Waals surface area contributed by atoms with E-state index in [1.165, 1.54) is 103 Å². The molecule has 200 valence electrons. The lowest BCUT2D eigenvalue weighted by atomic mass is 9.86. The first-order valence-corrected chi connectivity index (χ1v) is 17.0. The second-order valence-corrected chi connectivity index (χ2v) is 13.2. The van der Waals surface area contributed by atoms with Crippen LogP contribution in [0.25, 0.3) is 0 Å². The smallest absolute Gasteiger partial charge is 0.132 e. The topological polar surface area (TPSA) is 57.5 Å². The fourth-order valence-corrected chi connectivity index (χ4v) is 7.78. The molecule has 0 heterocycles. The number of carbonyl (C=O) groups is 1. The average Bonchev–Trinajstić information content (AvgIpc) is 2.88. The standard InChI is InChI=1S/C29H54O3S2/c30-27(19-11-1-3-13-21-33-23-28(31)25-15-7-5-8-16-25)20-12-2-4-14-22-34-24-29(32)26-17-9-6-10-18-26/h25-26,28-29,31-32H,1-24H2. The lowest BCUT2D eigenvalue weighted by Gasteiger charge is -2.26. The highest BCUT2D eigenvalue weighted by molar-refractivity contribution is 7.99. The van der Waals surface area contributed by atoms with Crippen molar-refractivity contribution >= 4 is 29.3 Å². The largest absolute Gasteiger partial charge is 0.392 e. The minimum absolute atomic E-state index is 0.0965. The Hall–Kier alpha value is 0.290. The van der Waals surface area contributed by atoms with E-state index in [9.17, 15) is 15.0 Å². The van der Waals surface area contributed by atoms with Gasteiger partial charge in [0.2, 0.25) is 0 Å². The maximum absolute atomic E-state index is 12.1. The van der Waals surface area contributed by atoms with Crippen LogP contribution in [0.5, 0.6) is 0 Å². The number of aliphatic hydroxyl groups is 2. The van der Waals surface area contributed by atoms with Crippen molar-refractivity contribution in [3.63, 3.8) is 0 Å². The van der Waals surface area contributed by atoms with Gasteiger partial charge in [0.15, 0.2) is 0 Å². The number of aliphatic hydroxyl groups excluding tert-OH is 2. The van der Waals surface area contributed by atoms with E-state index >= 15 is 0 Å². The van der Waals surface area contributed by atoms with E-state index in [-0.39, 0.29) is 12.2 Å². The Morgan fingerprint density at radius 3 is 1.38 bits per heavy atom. The monoisotopic (exact) mass is 514 g/mol. The number of rotatable bonds is 20. The van der Waals surface area contributed by atoms with Gasteiger partial charge in [-0.25, -0.2) is 0 Å². The van der Waals surface area contributed by atoms with Gasteiger partial charge in [-0.15, -0.1) is 0 Å². The van der Waals surface area contributed by atoms with Crippen molar-refractivity contribution in [2.75, 3.05) is 23.0 Å². The van der Waals surface area contributed by atoms with Crippen LogP contribution in [0.3, 0.4) is 0 Å². The number of ketones is 1. The molecule has 0 aromatic heterocycles. The van der Waals surface area contributed by atoms with Crippen LogP contribution in [0.15, 0.2) is 0 Å². The zero-order valence-electron chi connectivity index (χ0n) is 21.9. The van der Waals surface area contributed by atoms with Gasteiger partial charge in [-0.3, -0.25) is 4.79 Å². The third kappa shape index (κ3) is 14.8. The van der Waals surface area contributed by atoms with Crippen molar-refractivity contribution in [3.05, 3.63) is 0 Å². The van der Waals surface area contributed by atoms with Crippen molar-refractivity contribution in [1.82, 2.24) is 0 Å². The van der Waals surface area contributed by atoms with Gasteiger partial charge in [-0.2, -0.15) is 23.5 Å². The summed E-state index contributed by atoms with van der Waals surface area (Å²) in [6.07, 6.45) is 23.4. The van der Waals surface area contributed by atoms with Gasteiger partial charge in [0.25, 0.3) is 0 Å². The summed E-state index contributed by atoms with van der Waals surface area (Å²) in [4.78, 5) is 12.1. The SMILES string of the molecule is O=C(CCCCCCSCC(O)C1CCCCC1)CCCCCCSCC(O)C1CCCCC1. The highest BCUT2D eigenvalue weighted by atomic mass is 32.2. The zero-order chi connectivity index (χ0) is 24.3. The maximum atomic E-state index is 12.1. The lowest BCUT2D eigenvalue weighted by molar-refractivity contribution is -0.119. The Labute approximate surface area is 219 Å². The van der Waals surface area contributed by atoms with Gasteiger partial charge in [0.05, 0.1) is 12.2 Å². The van der Waals surface area contributed by atoms with E-state index in [0.29, 0.717) is 17.6 Å². The Morgan fingerprint density at radius 2 is 0.971 bits per heavy atom. The summed E-state index contributed by atoms with van der Waals surface area (Å²) in [5.41, 5.74) is 0. The number of hydrogen-bond donors (Lipinski definition) is 2. The van der Waals surface area contributed by atoms with Crippen LogP contribution in [0.4, 0.5) is 0 Å². The fourth-order valence-electron chi connectivity index (χ4n) is 5.60. The molecule has 2 fully saturated rings. The molecule has 0 aliphatic heterocycles. The summed E-state index contributed by atoms with van der Waals surface area (Å²) >= 11 is 3.83. The molecule has 2 atom stereocenters. The summed E-state index contributed by atoms with van der Waals surface area (Å²) in [5.74, 6) is 5.67. The van der Waals surface area contributed by atoms with Crippen LogP contribution in [-0.4, -0.2) is 51.2 Å². The van der Waals surface area contributed by atoms with Gasteiger partial charge in [0, 0.05) is 24.3 Å². The fraction of sp³-hybridized carbons (Fsp3) is 0.966. The molecule has 2 unspecified atom stereocenters. The average molecular weight is 515 g/mol. The van der Waals surface area contributed by atoms with E-state index in [1.54, 1.807) is 0 Å². The van der Waals surface area contributed by atoms with Gasteiger partial charge < -0.3 is 10.2 Å². The van der Waals surface area contributed by atoms with E-state index < -0.39 is 0 Å². The van der Waals surface area contributed by atoms with Crippen LogP contribution in [0, 0.1) is 11.8 Å². The van der Waals surface area contributed by atoms with Crippen LogP contribution in [0.1, 0.15) is 128 Å². The second-order valence-electron chi connectivity index (χ2n) is 10.9. The van der Waals surface area contributed by atoms with Crippen LogP contribution < -0.4 is 0 Å². The van der Waals surface area contributed by atoms with Crippen LogP contribution in [-0.2, 0) is 4.79 Å². The lowest BCUT2D eigenvalue weighted by Crippen LogP contribution is -2.25. The van der Waals surface area contributed by atoms with Crippen molar-refractivity contribution in [2.45, 2.75) is 141 Å².